The zero-order valence-electron chi connectivity index (χ0n) is 15.7. The summed E-state index contributed by atoms with van der Waals surface area (Å²) >= 11 is 0. The van der Waals surface area contributed by atoms with Crippen molar-refractivity contribution in [1.82, 2.24) is 9.97 Å². The van der Waals surface area contributed by atoms with Gasteiger partial charge in [0.25, 0.3) is 5.91 Å². The molecule has 2 aromatic heterocycles. The average molecular weight is 383 g/mol. The number of carbonyl (C=O) groups is 1. The Kier molecular flexibility index (Phi) is 4.09. The van der Waals surface area contributed by atoms with Crippen molar-refractivity contribution in [3.63, 3.8) is 0 Å². The minimum absolute atomic E-state index is 0.209. The Balaban J connectivity index is 1.61. The summed E-state index contributed by atoms with van der Waals surface area (Å²) < 4.78 is 10.9. The van der Waals surface area contributed by atoms with Crippen molar-refractivity contribution < 1.29 is 14.3 Å². The number of fused-ring (bicyclic) bond motifs is 2. The van der Waals surface area contributed by atoms with Gasteiger partial charge in [-0.25, -0.2) is 9.97 Å². The van der Waals surface area contributed by atoms with Crippen LogP contribution in [0, 0.1) is 6.92 Å². The molecule has 0 spiro atoms. The summed E-state index contributed by atoms with van der Waals surface area (Å²) in [7, 11) is 0. The smallest absolute Gasteiger partial charge is 0.257 e. The third-order valence-electron chi connectivity index (χ3n) is 4.87. The summed E-state index contributed by atoms with van der Waals surface area (Å²) in [5, 5.41) is 3.70. The molecule has 4 aromatic rings. The highest BCUT2D eigenvalue weighted by Crippen LogP contribution is 2.36. The van der Waals surface area contributed by atoms with Gasteiger partial charge in [0.2, 0.25) is 6.79 Å². The van der Waals surface area contributed by atoms with E-state index in [1.165, 1.54) is 0 Å². The van der Waals surface area contributed by atoms with Gasteiger partial charge in [-0.05, 0) is 48.9 Å². The minimum atomic E-state index is -0.229. The second-order valence-electron chi connectivity index (χ2n) is 6.76. The molecule has 6 heteroatoms. The topological polar surface area (TPSA) is 73.3 Å². The zero-order valence-corrected chi connectivity index (χ0v) is 15.7. The number of nitrogens with one attached hydrogen (secondary N) is 1. The molecule has 0 aliphatic carbocycles. The lowest BCUT2D eigenvalue weighted by molar-refractivity contribution is 0.102. The van der Waals surface area contributed by atoms with Gasteiger partial charge in [0.15, 0.2) is 11.5 Å². The van der Waals surface area contributed by atoms with Crippen LogP contribution in [-0.4, -0.2) is 22.7 Å². The van der Waals surface area contributed by atoms with Crippen molar-refractivity contribution in [3.8, 4) is 22.8 Å². The molecule has 142 valence electrons. The van der Waals surface area contributed by atoms with Gasteiger partial charge >= 0.3 is 0 Å². The fraction of sp³-hybridized carbons (Fsp3) is 0.0870. The second-order valence-corrected chi connectivity index (χ2v) is 6.76. The Morgan fingerprint density at radius 1 is 1.00 bits per heavy atom. The molecule has 0 radical (unpaired) electrons. The number of benzene rings is 2. The van der Waals surface area contributed by atoms with Crippen molar-refractivity contribution in [2.24, 2.45) is 0 Å². The number of hydrogen-bond donors (Lipinski definition) is 1. The number of amides is 1. The second kappa shape index (κ2) is 6.91. The van der Waals surface area contributed by atoms with Crippen molar-refractivity contribution in [3.05, 3.63) is 78.0 Å². The van der Waals surface area contributed by atoms with Crippen LogP contribution in [0.1, 0.15) is 15.9 Å². The predicted molar refractivity (Wildman–Crippen MR) is 110 cm³/mol. The van der Waals surface area contributed by atoms with Gasteiger partial charge in [-0.2, -0.15) is 0 Å². The largest absolute Gasteiger partial charge is 0.454 e. The highest BCUT2D eigenvalue weighted by atomic mass is 16.7. The molecule has 0 bridgehead atoms. The van der Waals surface area contributed by atoms with Crippen LogP contribution in [0.2, 0.25) is 0 Å². The van der Waals surface area contributed by atoms with E-state index in [1.807, 2.05) is 61.5 Å². The molecule has 0 saturated heterocycles. The molecular formula is C23H17N3O3. The zero-order chi connectivity index (χ0) is 19.8. The highest BCUT2D eigenvalue weighted by Gasteiger charge is 2.18. The molecule has 0 unspecified atom stereocenters. The third kappa shape index (κ3) is 3.14. The number of ether oxygens (including phenoxy) is 2. The number of nitrogens with zero attached hydrogens (tertiary/aromatic N) is 2. The number of aromatic nitrogens is 2. The summed E-state index contributed by atoms with van der Waals surface area (Å²) in [5.41, 5.74) is 3.71. The van der Waals surface area contributed by atoms with Crippen molar-refractivity contribution >= 4 is 22.6 Å². The van der Waals surface area contributed by atoms with Crippen LogP contribution in [0.4, 0.5) is 5.82 Å². The first kappa shape index (κ1) is 17.2. The lowest BCUT2D eigenvalue weighted by Crippen LogP contribution is -2.15. The van der Waals surface area contributed by atoms with Crippen molar-refractivity contribution in [2.75, 3.05) is 12.1 Å². The van der Waals surface area contributed by atoms with E-state index in [4.69, 9.17) is 14.5 Å². The Morgan fingerprint density at radius 3 is 2.76 bits per heavy atom. The first-order chi connectivity index (χ1) is 14.2. The van der Waals surface area contributed by atoms with E-state index in [9.17, 15) is 4.79 Å². The highest BCUT2D eigenvalue weighted by molar-refractivity contribution is 6.13. The molecule has 1 amide bonds. The molecule has 0 atom stereocenters. The van der Waals surface area contributed by atoms with E-state index in [-0.39, 0.29) is 12.7 Å². The molecule has 1 aliphatic heterocycles. The molecule has 29 heavy (non-hydrogen) atoms. The Bertz CT molecular complexity index is 1250. The maximum atomic E-state index is 13.1. The number of para-hydroxylation sites is 1. The SMILES string of the molecule is Cc1cccnc1NC(=O)c1cc(-c2ccc3c(c2)OCO3)nc2ccccc12. The molecule has 6 nitrogen and oxygen atoms in total. The number of rotatable bonds is 3. The van der Waals surface area contributed by atoms with Crippen LogP contribution in [0.15, 0.2) is 66.9 Å². The average Bonchev–Trinajstić information content (AvgIpc) is 3.22. The molecule has 3 heterocycles. The first-order valence-corrected chi connectivity index (χ1v) is 9.22. The van der Waals surface area contributed by atoms with E-state index in [0.29, 0.717) is 28.6 Å². The number of pyridine rings is 2. The van der Waals surface area contributed by atoms with Crippen LogP contribution < -0.4 is 14.8 Å². The quantitative estimate of drug-likeness (QED) is 0.560. The van der Waals surface area contributed by atoms with Crippen molar-refractivity contribution in [1.29, 1.82) is 0 Å². The fourth-order valence-corrected chi connectivity index (χ4v) is 3.36. The van der Waals surface area contributed by atoms with E-state index in [1.54, 1.807) is 12.3 Å². The molecule has 0 saturated carbocycles. The minimum Gasteiger partial charge on any atom is -0.454 e. The van der Waals surface area contributed by atoms with E-state index in [2.05, 4.69) is 10.3 Å². The molecular weight excluding hydrogens is 366 g/mol. The number of aryl methyl sites for hydroxylation is 1. The lowest BCUT2D eigenvalue weighted by atomic mass is 10.0. The van der Waals surface area contributed by atoms with Gasteiger partial charge in [-0.15, -0.1) is 0 Å². The number of hydrogen-bond acceptors (Lipinski definition) is 5. The molecule has 1 aliphatic rings. The molecule has 2 aromatic carbocycles. The summed E-state index contributed by atoms with van der Waals surface area (Å²) in [6.07, 6.45) is 1.66. The Morgan fingerprint density at radius 2 is 1.86 bits per heavy atom. The Hall–Kier alpha value is -3.93. The maximum absolute atomic E-state index is 13.1. The summed E-state index contributed by atoms with van der Waals surface area (Å²) in [6.45, 7) is 2.12. The summed E-state index contributed by atoms with van der Waals surface area (Å²) in [5.74, 6) is 1.70. The summed E-state index contributed by atoms with van der Waals surface area (Å²) in [6, 6.07) is 18.8. The van der Waals surface area contributed by atoms with Crippen LogP contribution in [0.3, 0.4) is 0 Å². The maximum Gasteiger partial charge on any atom is 0.257 e. The summed E-state index contributed by atoms with van der Waals surface area (Å²) in [4.78, 5) is 22.1. The first-order valence-electron chi connectivity index (χ1n) is 9.22. The standard InChI is InChI=1S/C23H17N3O3/c1-14-5-4-10-24-22(14)26-23(27)17-12-19(25-18-7-3-2-6-16(17)18)15-8-9-20-21(11-15)29-13-28-20/h2-12H,13H2,1H3,(H,24,26,27). The van der Waals surface area contributed by atoms with Crippen LogP contribution in [-0.2, 0) is 0 Å². The van der Waals surface area contributed by atoms with Crippen molar-refractivity contribution in [2.45, 2.75) is 6.92 Å². The van der Waals surface area contributed by atoms with E-state index >= 15 is 0 Å². The fourth-order valence-electron chi connectivity index (χ4n) is 3.36. The normalized spacial score (nSPS) is 12.2. The third-order valence-corrected chi connectivity index (χ3v) is 4.87. The van der Waals surface area contributed by atoms with E-state index < -0.39 is 0 Å². The number of anilines is 1. The van der Waals surface area contributed by atoms with Gasteiger partial charge in [-0.1, -0.05) is 24.3 Å². The van der Waals surface area contributed by atoms with Crippen LogP contribution in [0.25, 0.3) is 22.2 Å². The Labute approximate surface area is 167 Å². The lowest BCUT2D eigenvalue weighted by Gasteiger charge is -2.11. The van der Waals surface area contributed by atoms with E-state index in [0.717, 1.165) is 22.0 Å². The van der Waals surface area contributed by atoms with Gasteiger partial charge in [-0.3, -0.25) is 4.79 Å². The van der Waals surface area contributed by atoms with Gasteiger partial charge in [0.05, 0.1) is 16.8 Å². The van der Waals surface area contributed by atoms with Crippen LogP contribution in [0.5, 0.6) is 11.5 Å². The molecule has 1 N–H and O–H groups in total. The number of carbonyl (C=O) groups excluding carboxylic acids is 1. The van der Waals surface area contributed by atoms with Gasteiger partial charge in [0.1, 0.15) is 5.82 Å². The van der Waals surface area contributed by atoms with Gasteiger partial charge < -0.3 is 14.8 Å². The molecule has 0 fully saturated rings. The van der Waals surface area contributed by atoms with Crippen LogP contribution >= 0.6 is 0 Å². The monoisotopic (exact) mass is 383 g/mol. The van der Waals surface area contributed by atoms with Gasteiger partial charge in [0, 0.05) is 17.1 Å². The predicted octanol–water partition coefficient (Wildman–Crippen LogP) is 4.59. The molecule has 5 rings (SSSR count).